The number of carbonyl (C=O) groups is 2. The molecule has 3 rings (SSSR count). The van der Waals surface area contributed by atoms with Crippen LogP contribution < -0.4 is 5.32 Å². The highest BCUT2D eigenvalue weighted by Gasteiger charge is 2.33. The predicted molar refractivity (Wildman–Crippen MR) is 126 cm³/mol. The third-order valence-electron chi connectivity index (χ3n) is 6.04. The molecule has 0 unspecified atom stereocenters. The zero-order valence-corrected chi connectivity index (χ0v) is 20.5. The number of amides is 1. The van der Waals surface area contributed by atoms with Gasteiger partial charge in [-0.15, -0.1) is 10.2 Å². The average molecular weight is 439 g/mol. The van der Waals surface area contributed by atoms with Gasteiger partial charge in [0.1, 0.15) is 11.6 Å². The van der Waals surface area contributed by atoms with Crippen molar-refractivity contribution in [3.05, 3.63) is 46.5 Å². The van der Waals surface area contributed by atoms with E-state index in [-0.39, 0.29) is 23.5 Å². The summed E-state index contributed by atoms with van der Waals surface area (Å²) < 4.78 is 2.20. The number of carbonyl (C=O) groups excluding carboxylic acids is 2. The molecule has 0 saturated heterocycles. The van der Waals surface area contributed by atoms with E-state index in [2.05, 4.69) is 53.8 Å². The number of benzene rings is 1. The van der Waals surface area contributed by atoms with Crippen molar-refractivity contribution in [2.75, 3.05) is 0 Å². The van der Waals surface area contributed by atoms with Gasteiger partial charge in [0.15, 0.2) is 5.82 Å². The Kier molecular flexibility index (Phi) is 7.52. The first-order chi connectivity index (χ1) is 15.0. The molecule has 6 nitrogen and oxygen atoms in total. The van der Waals surface area contributed by atoms with Crippen LogP contribution in [0.1, 0.15) is 100 Å². The van der Waals surface area contributed by atoms with Crippen LogP contribution in [0.25, 0.3) is 0 Å². The molecule has 1 aromatic heterocycles. The topological polar surface area (TPSA) is 76.9 Å². The third kappa shape index (κ3) is 6.75. The maximum atomic E-state index is 13.0. The molecule has 1 aliphatic carbocycles. The second kappa shape index (κ2) is 9.97. The summed E-state index contributed by atoms with van der Waals surface area (Å²) in [6.45, 7) is 12.3. The normalized spacial score (nSPS) is 14.9. The molecule has 0 radical (unpaired) electrons. The van der Waals surface area contributed by atoms with Crippen molar-refractivity contribution in [2.45, 2.75) is 98.6 Å². The number of rotatable bonds is 10. The number of nitrogens with zero attached hydrogens (tertiary/aromatic N) is 3. The van der Waals surface area contributed by atoms with Gasteiger partial charge in [0, 0.05) is 32.2 Å². The van der Waals surface area contributed by atoms with E-state index in [1.165, 1.54) is 12.5 Å². The van der Waals surface area contributed by atoms with Crippen LogP contribution in [0.2, 0.25) is 0 Å². The van der Waals surface area contributed by atoms with E-state index in [0.717, 1.165) is 54.9 Å². The molecular formula is C26H38N4O2. The van der Waals surface area contributed by atoms with Crippen LogP contribution in [0, 0.1) is 19.3 Å². The van der Waals surface area contributed by atoms with Gasteiger partial charge in [0.2, 0.25) is 5.91 Å². The van der Waals surface area contributed by atoms with Gasteiger partial charge in [-0.1, -0.05) is 44.5 Å². The molecule has 0 bridgehead atoms. The minimum absolute atomic E-state index is 0.0929. The molecule has 1 fully saturated rings. The highest BCUT2D eigenvalue weighted by molar-refractivity contribution is 5.83. The first-order valence-electron chi connectivity index (χ1n) is 11.8. The molecule has 2 aromatic rings. The van der Waals surface area contributed by atoms with Crippen molar-refractivity contribution in [1.29, 1.82) is 0 Å². The summed E-state index contributed by atoms with van der Waals surface area (Å²) >= 11 is 0. The van der Waals surface area contributed by atoms with Crippen LogP contribution in [-0.4, -0.2) is 26.5 Å². The molecule has 0 spiro atoms. The third-order valence-corrected chi connectivity index (χ3v) is 6.04. The molecule has 0 aliphatic heterocycles. The Morgan fingerprint density at radius 2 is 1.91 bits per heavy atom. The highest BCUT2D eigenvalue weighted by atomic mass is 16.1. The Hall–Kier alpha value is -2.50. The van der Waals surface area contributed by atoms with Gasteiger partial charge in [-0.3, -0.25) is 9.59 Å². The lowest BCUT2D eigenvalue weighted by atomic mass is 9.90. The molecule has 1 heterocycles. The van der Waals surface area contributed by atoms with Gasteiger partial charge in [0.25, 0.3) is 0 Å². The van der Waals surface area contributed by atoms with Crippen LogP contribution in [0.15, 0.2) is 18.2 Å². The average Bonchev–Trinajstić information content (AvgIpc) is 3.42. The molecule has 1 saturated carbocycles. The summed E-state index contributed by atoms with van der Waals surface area (Å²) in [6, 6.07) is 6.09. The summed E-state index contributed by atoms with van der Waals surface area (Å²) in [4.78, 5) is 25.0. The highest BCUT2D eigenvalue weighted by Crippen LogP contribution is 2.38. The maximum absolute atomic E-state index is 13.0. The van der Waals surface area contributed by atoms with Crippen LogP contribution in [0.4, 0.5) is 0 Å². The van der Waals surface area contributed by atoms with Crippen molar-refractivity contribution >= 4 is 11.7 Å². The fraction of sp³-hybridized carbons (Fsp3) is 0.615. The molecule has 32 heavy (non-hydrogen) atoms. The quantitative estimate of drug-likeness (QED) is 0.568. The van der Waals surface area contributed by atoms with E-state index in [0.29, 0.717) is 12.5 Å². The van der Waals surface area contributed by atoms with E-state index in [1.54, 1.807) is 0 Å². The zero-order chi connectivity index (χ0) is 23.5. The van der Waals surface area contributed by atoms with Gasteiger partial charge >= 0.3 is 0 Å². The standard InChI is InChI=1S/C26H38N4O2/c1-17-9-10-20(18(2)14-17)15-22(32)16-23(27-19(3)31)25-29-28-24(30(25)21-11-12-21)8-7-13-26(4,5)6/h9-10,14,21,23H,7-8,11-13,15-16H2,1-6H3,(H,27,31)/t23-/m0/s1. The number of ketones is 1. The maximum Gasteiger partial charge on any atom is 0.217 e. The minimum Gasteiger partial charge on any atom is -0.346 e. The van der Waals surface area contributed by atoms with Crippen molar-refractivity contribution in [1.82, 2.24) is 20.1 Å². The van der Waals surface area contributed by atoms with Crippen LogP contribution in [0.5, 0.6) is 0 Å². The van der Waals surface area contributed by atoms with Crippen molar-refractivity contribution < 1.29 is 9.59 Å². The van der Waals surface area contributed by atoms with E-state index < -0.39 is 6.04 Å². The lowest BCUT2D eigenvalue weighted by Gasteiger charge is -2.20. The zero-order valence-electron chi connectivity index (χ0n) is 20.5. The Bertz CT molecular complexity index is 967. The molecule has 1 atom stereocenters. The predicted octanol–water partition coefficient (Wildman–Crippen LogP) is 4.98. The lowest BCUT2D eigenvalue weighted by molar-refractivity contribution is -0.121. The number of nitrogens with one attached hydrogen (secondary N) is 1. The van der Waals surface area contributed by atoms with E-state index >= 15 is 0 Å². The van der Waals surface area contributed by atoms with Crippen LogP contribution in [-0.2, 0) is 22.4 Å². The van der Waals surface area contributed by atoms with E-state index in [1.807, 2.05) is 19.1 Å². The van der Waals surface area contributed by atoms with E-state index in [9.17, 15) is 9.59 Å². The number of aryl methyl sites for hydroxylation is 3. The Morgan fingerprint density at radius 1 is 1.19 bits per heavy atom. The second-order valence-corrected chi connectivity index (χ2v) is 10.6. The second-order valence-electron chi connectivity index (χ2n) is 10.6. The molecule has 1 amide bonds. The van der Waals surface area contributed by atoms with Crippen molar-refractivity contribution in [2.24, 2.45) is 5.41 Å². The Balaban J connectivity index is 1.77. The van der Waals surface area contributed by atoms with Gasteiger partial charge in [-0.05, 0) is 56.1 Å². The summed E-state index contributed by atoms with van der Waals surface area (Å²) in [5.41, 5.74) is 3.63. The fourth-order valence-corrected chi connectivity index (χ4v) is 4.26. The molecule has 174 valence electrons. The molecule has 1 aliphatic rings. The SMILES string of the molecule is CC(=O)N[C@@H](CC(=O)Cc1ccc(C)cc1C)c1nnc(CCCC(C)(C)C)n1C1CC1. The summed E-state index contributed by atoms with van der Waals surface area (Å²) in [7, 11) is 0. The van der Waals surface area contributed by atoms with Crippen molar-refractivity contribution in [3.63, 3.8) is 0 Å². The number of hydrogen-bond acceptors (Lipinski definition) is 4. The van der Waals surface area contributed by atoms with Crippen molar-refractivity contribution in [3.8, 4) is 0 Å². The number of hydrogen-bond donors (Lipinski definition) is 1. The van der Waals surface area contributed by atoms with Gasteiger partial charge in [-0.2, -0.15) is 0 Å². The fourth-order valence-electron chi connectivity index (χ4n) is 4.26. The van der Waals surface area contributed by atoms with Gasteiger partial charge in [-0.25, -0.2) is 0 Å². The molecule has 1 aromatic carbocycles. The largest absolute Gasteiger partial charge is 0.346 e. The summed E-state index contributed by atoms with van der Waals surface area (Å²) in [5, 5.41) is 11.9. The summed E-state index contributed by atoms with van der Waals surface area (Å²) in [5.74, 6) is 1.63. The molecule has 1 N–H and O–H groups in total. The molecule has 6 heteroatoms. The first kappa shape index (κ1) is 24.1. The Morgan fingerprint density at radius 3 is 2.50 bits per heavy atom. The van der Waals surface area contributed by atoms with Crippen LogP contribution >= 0.6 is 0 Å². The van der Waals surface area contributed by atoms with E-state index in [4.69, 9.17) is 0 Å². The number of Topliss-reactive ketones (excluding diaryl/α,β-unsaturated/α-hetero) is 1. The van der Waals surface area contributed by atoms with Gasteiger partial charge < -0.3 is 9.88 Å². The lowest BCUT2D eigenvalue weighted by Crippen LogP contribution is -2.31. The van der Waals surface area contributed by atoms with Gasteiger partial charge in [0.05, 0.1) is 6.04 Å². The summed E-state index contributed by atoms with van der Waals surface area (Å²) in [6.07, 6.45) is 5.80. The number of aromatic nitrogens is 3. The monoisotopic (exact) mass is 438 g/mol. The minimum atomic E-state index is -0.449. The first-order valence-corrected chi connectivity index (χ1v) is 11.8. The smallest absolute Gasteiger partial charge is 0.217 e. The van der Waals surface area contributed by atoms with Crippen LogP contribution in [0.3, 0.4) is 0 Å². The molecular weight excluding hydrogens is 400 g/mol. The Labute approximate surface area is 192 Å².